The van der Waals surface area contributed by atoms with Crippen LogP contribution >= 0.6 is 0 Å². The molecule has 2 saturated heterocycles. The molecule has 5 nitrogen and oxygen atoms in total. The minimum atomic E-state index is -0.193. The van der Waals surface area contributed by atoms with Crippen LogP contribution in [0, 0.1) is 0 Å². The number of phenolic OH excluding ortho intramolecular Hbond substituents is 1. The molecule has 3 heterocycles. The van der Waals surface area contributed by atoms with Crippen molar-refractivity contribution in [2.24, 2.45) is 0 Å². The van der Waals surface area contributed by atoms with Crippen molar-refractivity contribution in [3.63, 3.8) is 0 Å². The zero-order valence-electron chi connectivity index (χ0n) is 12.1. The van der Waals surface area contributed by atoms with Gasteiger partial charge in [0.25, 0.3) is 5.91 Å². The van der Waals surface area contributed by atoms with Gasteiger partial charge in [-0.1, -0.05) is 12.1 Å². The van der Waals surface area contributed by atoms with Crippen molar-refractivity contribution in [1.82, 2.24) is 10.6 Å². The predicted molar refractivity (Wildman–Crippen MR) is 81.6 cm³/mol. The number of furan rings is 1. The van der Waals surface area contributed by atoms with Crippen LogP contribution < -0.4 is 10.6 Å². The van der Waals surface area contributed by atoms with E-state index < -0.39 is 0 Å². The van der Waals surface area contributed by atoms with E-state index >= 15 is 0 Å². The summed E-state index contributed by atoms with van der Waals surface area (Å²) in [6, 6.07) is 11.4. The average molecular weight is 298 g/mol. The number of rotatable bonds is 3. The molecule has 3 N–H and O–H groups in total. The molecule has 5 heteroatoms. The Morgan fingerprint density at radius 3 is 2.82 bits per heavy atom. The number of phenols is 1. The average Bonchev–Trinajstić information content (AvgIpc) is 3.24. The highest BCUT2D eigenvalue weighted by molar-refractivity contribution is 5.92. The molecule has 4 rings (SSSR count). The van der Waals surface area contributed by atoms with Gasteiger partial charge in [-0.3, -0.25) is 4.79 Å². The molecule has 1 amide bonds. The third kappa shape index (κ3) is 2.27. The minimum Gasteiger partial charge on any atom is -0.507 e. The second-order valence-electron chi connectivity index (χ2n) is 6.04. The van der Waals surface area contributed by atoms with E-state index in [9.17, 15) is 9.90 Å². The lowest BCUT2D eigenvalue weighted by molar-refractivity contribution is 0.0903. The lowest BCUT2D eigenvalue weighted by Crippen LogP contribution is -2.42. The molecule has 2 aliphatic rings. The minimum absolute atomic E-state index is 0.140. The summed E-state index contributed by atoms with van der Waals surface area (Å²) in [6.07, 6.45) is 3.32. The van der Waals surface area contributed by atoms with E-state index in [1.165, 1.54) is 6.42 Å². The Labute approximate surface area is 128 Å². The van der Waals surface area contributed by atoms with Crippen molar-refractivity contribution in [1.29, 1.82) is 0 Å². The van der Waals surface area contributed by atoms with Crippen LogP contribution in [0.3, 0.4) is 0 Å². The fourth-order valence-corrected chi connectivity index (χ4v) is 3.51. The van der Waals surface area contributed by atoms with Crippen molar-refractivity contribution in [3.05, 3.63) is 42.2 Å². The number of hydrogen-bond acceptors (Lipinski definition) is 4. The van der Waals surface area contributed by atoms with E-state index in [4.69, 9.17) is 4.42 Å². The molecule has 3 unspecified atom stereocenters. The van der Waals surface area contributed by atoms with Crippen molar-refractivity contribution >= 4 is 5.91 Å². The van der Waals surface area contributed by atoms with Crippen LogP contribution in [0.4, 0.5) is 0 Å². The SMILES string of the molecule is O=C(NC1CC2CCC1N2)c1ccc(-c2ccccc2O)o1. The third-order valence-corrected chi connectivity index (χ3v) is 4.62. The Balaban J connectivity index is 1.49. The number of benzene rings is 1. The normalized spacial score (nSPS) is 26.3. The van der Waals surface area contributed by atoms with E-state index in [0.717, 1.165) is 12.8 Å². The van der Waals surface area contributed by atoms with Gasteiger partial charge in [0.05, 0.1) is 5.56 Å². The monoisotopic (exact) mass is 298 g/mol. The second kappa shape index (κ2) is 5.18. The van der Waals surface area contributed by atoms with Gasteiger partial charge in [0.15, 0.2) is 5.76 Å². The van der Waals surface area contributed by atoms with E-state index in [2.05, 4.69) is 10.6 Å². The molecule has 0 spiro atoms. The number of carbonyl (C=O) groups is 1. The number of nitrogens with one attached hydrogen (secondary N) is 2. The van der Waals surface area contributed by atoms with Gasteiger partial charge in [-0.15, -0.1) is 0 Å². The van der Waals surface area contributed by atoms with Crippen LogP contribution in [0.5, 0.6) is 5.75 Å². The molecule has 1 aromatic carbocycles. The highest BCUT2D eigenvalue weighted by Crippen LogP contribution is 2.31. The first-order chi connectivity index (χ1) is 10.7. The molecular formula is C17H18N2O3. The van der Waals surface area contributed by atoms with E-state index in [-0.39, 0.29) is 23.5 Å². The summed E-state index contributed by atoms with van der Waals surface area (Å²) in [7, 11) is 0. The number of aromatic hydroxyl groups is 1. The Hall–Kier alpha value is -2.27. The van der Waals surface area contributed by atoms with E-state index in [1.54, 1.807) is 30.3 Å². The molecule has 2 fully saturated rings. The first-order valence-corrected chi connectivity index (χ1v) is 7.66. The zero-order valence-corrected chi connectivity index (χ0v) is 12.1. The van der Waals surface area contributed by atoms with Gasteiger partial charge in [-0.25, -0.2) is 0 Å². The van der Waals surface area contributed by atoms with Crippen LogP contribution in [-0.2, 0) is 0 Å². The predicted octanol–water partition coefficient (Wildman–Crippen LogP) is 2.27. The largest absolute Gasteiger partial charge is 0.507 e. The van der Waals surface area contributed by atoms with Gasteiger partial charge in [0.1, 0.15) is 11.5 Å². The topological polar surface area (TPSA) is 74.5 Å². The summed E-state index contributed by atoms with van der Waals surface area (Å²) >= 11 is 0. The molecule has 22 heavy (non-hydrogen) atoms. The highest BCUT2D eigenvalue weighted by atomic mass is 16.4. The Morgan fingerprint density at radius 2 is 2.09 bits per heavy atom. The van der Waals surface area contributed by atoms with Gasteiger partial charge < -0.3 is 20.2 Å². The van der Waals surface area contributed by atoms with Crippen LogP contribution in [0.25, 0.3) is 11.3 Å². The lowest BCUT2D eigenvalue weighted by Gasteiger charge is -2.20. The Morgan fingerprint density at radius 1 is 1.23 bits per heavy atom. The summed E-state index contributed by atoms with van der Waals surface area (Å²) in [5.74, 6) is 0.720. The van der Waals surface area contributed by atoms with E-state index in [0.29, 0.717) is 23.4 Å². The summed E-state index contributed by atoms with van der Waals surface area (Å²) in [4.78, 5) is 12.3. The summed E-state index contributed by atoms with van der Waals surface area (Å²) in [5, 5.41) is 16.4. The summed E-state index contributed by atoms with van der Waals surface area (Å²) in [6.45, 7) is 0. The first-order valence-electron chi connectivity index (χ1n) is 7.66. The van der Waals surface area contributed by atoms with Gasteiger partial charge in [0, 0.05) is 18.1 Å². The fraction of sp³-hybridized carbons (Fsp3) is 0.353. The Bertz CT molecular complexity index is 709. The van der Waals surface area contributed by atoms with Gasteiger partial charge in [0.2, 0.25) is 0 Å². The van der Waals surface area contributed by atoms with Crippen LogP contribution in [0.15, 0.2) is 40.8 Å². The van der Waals surface area contributed by atoms with E-state index in [1.807, 2.05) is 6.07 Å². The molecule has 0 radical (unpaired) electrons. The van der Waals surface area contributed by atoms with Crippen molar-refractivity contribution in [3.8, 4) is 17.1 Å². The fourth-order valence-electron chi connectivity index (χ4n) is 3.51. The maximum Gasteiger partial charge on any atom is 0.287 e. The van der Waals surface area contributed by atoms with Gasteiger partial charge in [-0.05, 0) is 43.5 Å². The molecule has 114 valence electrons. The molecule has 0 aliphatic carbocycles. The number of fused-ring (bicyclic) bond motifs is 2. The third-order valence-electron chi connectivity index (χ3n) is 4.62. The number of hydrogen-bond donors (Lipinski definition) is 3. The number of para-hydroxylation sites is 1. The summed E-state index contributed by atoms with van der Waals surface area (Å²) < 4.78 is 5.61. The van der Waals surface area contributed by atoms with Crippen molar-refractivity contribution in [2.75, 3.05) is 0 Å². The maximum atomic E-state index is 12.3. The molecule has 3 atom stereocenters. The smallest absolute Gasteiger partial charge is 0.287 e. The molecule has 0 saturated carbocycles. The van der Waals surface area contributed by atoms with Gasteiger partial charge >= 0.3 is 0 Å². The quantitative estimate of drug-likeness (QED) is 0.812. The second-order valence-corrected chi connectivity index (χ2v) is 6.04. The molecule has 1 aromatic heterocycles. The maximum absolute atomic E-state index is 12.3. The lowest BCUT2D eigenvalue weighted by atomic mass is 9.95. The van der Waals surface area contributed by atoms with Crippen LogP contribution in [-0.4, -0.2) is 29.1 Å². The standard InChI is InChI=1S/C17H18N2O3/c20-14-4-2-1-3-11(14)15-7-8-16(22-15)17(21)19-13-9-10-5-6-12(13)18-10/h1-4,7-8,10,12-13,18,20H,5-6,9H2,(H,19,21). The number of amides is 1. The molecule has 2 aliphatic heterocycles. The molecule has 2 bridgehead atoms. The summed E-state index contributed by atoms with van der Waals surface area (Å²) in [5.41, 5.74) is 0.586. The van der Waals surface area contributed by atoms with Crippen LogP contribution in [0.1, 0.15) is 29.8 Å². The van der Waals surface area contributed by atoms with Crippen molar-refractivity contribution in [2.45, 2.75) is 37.4 Å². The molecular weight excluding hydrogens is 280 g/mol. The Kier molecular flexibility index (Phi) is 3.15. The number of carbonyl (C=O) groups excluding carboxylic acids is 1. The van der Waals surface area contributed by atoms with Crippen LogP contribution in [0.2, 0.25) is 0 Å². The molecule has 2 aromatic rings. The van der Waals surface area contributed by atoms with Crippen molar-refractivity contribution < 1.29 is 14.3 Å². The van der Waals surface area contributed by atoms with Gasteiger partial charge in [-0.2, -0.15) is 0 Å². The first kappa shape index (κ1) is 13.4. The zero-order chi connectivity index (χ0) is 15.1. The highest BCUT2D eigenvalue weighted by Gasteiger charge is 2.39.